The number of amides is 2. The predicted molar refractivity (Wildman–Crippen MR) is 197 cm³/mol. The largest absolute Gasteiger partial charge is 0.416 e. The SMILES string of the molecule is C=S(C)(=O)c1cccc(Nc2ncc(-c3ccc(NC(=O)C4(c5cccc(C(F)(F)F)c5)CC4)cc3)c(N[C@H](C)CO)n2)c1.CC(=O)NC(C)C. The van der Waals surface area contributed by atoms with Crippen molar-refractivity contribution in [3.05, 3.63) is 90.1 Å². The highest BCUT2D eigenvalue weighted by molar-refractivity contribution is 7.99. The van der Waals surface area contributed by atoms with Crippen LogP contribution in [0.3, 0.4) is 0 Å². The van der Waals surface area contributed by atoms with Crippen LogP contribution >= 0.6 is 0 Å². The molecule has 1 aliphatic rings. The Hall–Kier alpha value is -4.95. The van der Waals surface area contributed by atoms with Crippen molar-refractivity contribution < 1.29 is 32.1 Å². The number of anilines is 4. The first-order chi connectivity index (χ1) is 23.9. The summed E-state index contributed by atoms with van der Waals surface area (Å²) in [6.07, 6.45) is -0.378. The van der Waals surface area contributed by atoms with E-state index in [1.165, 1.54) is 13.0 Å². The molecule has 0 aliphatic heterocycles. The zero-order valence-corrected chi connectivity index (χ0v) is 29.9. The topological polar surface area (TPSA) is 145 Å². The molecule has 2 atom stereocenters. The summed E-state index contributed by atoms with van der Waals surface area (Å²) in [5.41, 5.74) is 1.07. The van der Waals surface area contributed by atoms with Crippen LogP contribution in [0.1, 0.15) is 51.7 Å². The summed E-state index contributed by atoms with van der Waals surface area (Å²) >= 11 is 0. The van der Waals surface area contributed by atoms with Crippen LogP contribution in [0.25, 0.3) is 11.1 Å². The molecule has 3 aromatic carbocycles. The van der Waals surface area contributed by atoms with Gasteiger partial charge in [0.05, 0.1) is 17.6 Å². The van der Waals surface area contributed by atoms with E-state index in [2.05, 4.69) is 37.1 Å². The molecular weight excluding hydrogens is 682 g/mol. The Balaban J connectivity index is 0.000000755. The van der Waals surface area contributed by atoms with Crippen LogP contribution in [0, 0.1) is 0 Å². The maximum Gasteiger partial charge on any atom is 0.416 e. The van der Waals surface area contributed by atoms with E-state index in [9.17, 15) is 32.1 Å². The first kappa shape index (κ1) is 38.8. The standard InChI is InChI=1S/C32H32F3N5O3S.C5H11NO/c1-20(19-41)37-28-27(18-36-30(40-28)39-25-8-5-9-26(17-25)44(2,3)43)21-10-12-24(13-11-21)38-29(42)31(14-15-31)22-6-4-7-23(16-22)32(33,34)35;1-4(2)6-5(3)7/h4-13,16-18,20,41H,2,14-15,19H2,1,3H3,(H,38,42)(H2,36,37,39,40);4H,1-3H3,(H,6,7)/t20-,44?;/m1./s1. The van der Waals surface area contributed by atoms with Gasteiger partial charge in [-0.15, -0.1) is 0 Å². The average Bonchev–Trinajstić information content (AvgIpc) is 3.87. The lowest BCUT2D eigenvalue weighted by Crippen LogP contribution is -2.28. The van der Waals surface area contributed by atoms with Crippen molar-refractivity contribution in [2.45, 2.75) is 69.1 Å². The Kier molecular flexibility index (Phi) is 12.1. The van der Waals surface area contributed by atoms with E-state index in [1.54, 1.807) is 74.0 Å². The number of nitrogens with zero attached hydrogens (tertiary/aromatic N) is 2. The molecule has 14 heteroatoms. The van der Waals surface area contributed by atoms with E-state index in [1.807, 2.05) is 13.8 Å². The molecular formula is C37H43F3N6O4S. The fourth-order valence-corrected chi connectivity index (χ4v) is 5.91. The average molecular weight is 725 g/mol. The number of rotatable bonds is 11. The second-order valence-electron chi connectivity index (χ2n) is 12.9. The Morgan fingerprint density at radius 3 is 2.22 bits per heavy atom. The van der Waals surface area contributed by atoms with Gasteiger partial charge in [0, 0.05) is 53.3 Å². The third-order valence-electron chi connectivity index (χ3n) is 7.91. The lowest BCUT2D eigenvalue weighted by molar-refractivity contribution is -0.137. The number of aliphatic hydroxyl groups is 1. The molecule has 5 rings (SSSR count). The van der Waals surface area contributed by atoms with Gasteiger partial charge in [-0.3, -0.25) is 13.8 Å². The molecule has 0 saturated heterocycles. The molecule has 2 amide bonds. The summed E-state index contributed by atoms with van der Waals surface area (Å²) in [5, 5.41) is 21.5. The van der Waals surface area contributed by atoms with Gasteiger partial charge >= 0.3 is 6.18 Å². The van der Waals surface area contributed by atoms with Crippen molar-refractivity contribution in [3.63, 3.8) is 0 Å². The second-order valence-corrected chi connectivity index (χ2v) is 15.4. The van der Waals surface area contributed by atoms with Crippen LogP contribution in [0.15, 0.2) is 83.9 Å². The number of hydrogen-bond acceptors (Lipinski definition) is 8. The summed E-state index contributed by atoms with van der Waals surface area (Å²) < 4.78 is 52.1. The molecule has 4 aromatic rings. The van der Waals surface area contributed by atoms with Gasteiger partial charge in [0.1, 0.15) is 5.82 Å². The van der Waals surface area contributed by atoms with Gasteiger partial charge in [0.25, 0.3) is 0 Å². The fraction of sp³-hybridized carbons (Fsp3) is 0.324. The van der Waals surface area contributed by atoms with E-state index in [4.69, 9.17) is 0 Å². The molecule has 0 bridgehead atoms. The van der Waals surface area contributed by atoms with Gasteiger partial charge in [0.15, 0.2) is 0 Å². The third kappa shape index (κ3) is 10.5. The lowest BCUT2D eigenvalue weighted by Gasteiger charge is -2.18. The summed E-state index contributed by atoms with van der Waals surface area (Å²) in [4.78, 5) is 33.0. The zero-order valence-electron chi connectivity index (χ0n) is 29.1. The maximum atomic E-state index is 13.3. The molecule has 0 spiro atoms. The Morgan fingerprint density at radius 1 is 1.00 bits per heavy atom. The van der Waals surface area contributed by atoms with Crippen LogP contribution < -0.4 is 21.3 Å². The van der Waals surface area contributed by atoms with Crippen LogP contribution in [0.4, 0.5) is 36.3 Å². The molecule has 51 heavy (non-hydrogen) atoms. The smallest absolute Gasteiger partial charge is 0.394 e. The number of alkyl halides is 3. The maximum absolute atomic E-state index is 13.3. The van der Waals surface area contributed by atoms with E-state index in [0.29, 0.717) is 46.1 Å². The molecule has 10 nitrogen and oxygen atoms in total. The van der Waals surface area contributed by atoms with Crippen LogP contribution in [-0.4, -0.2) is 61.9 Å². The van der Waals surface area contributed by atoms with Gasteiger partial charge in [-0.1, -0.05) is 36.4 Å². The molecule has 1 unspecified atom stereocenters. The fourth-order valence-electron chi connectivity index (χ4n) is 5.17. The third-order valence-corrected chi connectivity index (χ3v) is 9.16. The molecule has 5 N–H and O–H groups in total. The molecule has 0 radical (unpaired) electrons. The summed E-state index contributed by atoms with van der Waals surface area (Å²) in [5.74, 6) is 4.14. The van der Waals surface area contributed by atoms with Gasteiger partial charge in [-0.2, -0.15) is 18.2 Å². The molecule has 1 heterocycles. The Labute approximate surface area is 296 Å². The van der Waals surface area contributed by atoms with Gasteiger partial charge in [-0.25, -0.2) is 4.98 Å². The predicted octanol–water partition coefficient (Wildman–Crippen LogP) is 6.61. The molecule has 1 aliphatic carbocycles. The number of halogens is 3. The number of carbonyl (C=O) groups is 2. The van der Waals surface area contributed by atoms with Crippen molar-refractivity contribution in [3.8, 4) is 11.1 Å². The molecule has 1 fully saturated rings. The molecule has 1 saturated carbocycles. The minimum atomic E-state index is -4.49. The number of nitrogens with one attached hydrogen (secondary N) is 4. The van der Waals surface area contributed by atoms with Gasteiger partial charge in [-0.05, 0) is 96.5 Å². The number of benzene rings is 3. The number of carbonyl (C=O) groups excluding carboxylic acids is 2. The highest BCUT2D eigenvalue weighted by Gasteiger charge is 2.51. The van der Waals surface area contributed by atoms with E-state index < -0.39 is 26.7 Å². The Morgan fingerprint density at radius 2 is 1.67 bits per heavy atom. The van der Waals surface area contributed by atoms with Crippen LogP contribution in [0.2, 0.25) is 0 Å². The van der Waals surface area contributed by atoms with Crippen molar-refractivity contribution in [2.75, 3.05) is 28.8 Å². The van der Waals surface area contributed by atoms with Crippen molar-refractivity contribution >= 4 is 50.3 Å². The van der Waals surface area contributed by atoms with Crippen LogP contribution in [0.5, 0.6) is 0 Å². The van der Waals surface area contributed by atoms with Crippen molar-refractivity contribution in [1.82, 2.24) is 15.3 Å². The minimum absolute atomic E-state index is 0.0370. The van der Waals surface area contributed by atoms with E-state index in [-0.39, 0.29) is 36.5 Å². The first-order valence-electron chi connectivity index (χ1n) is 16.2. The van der Waals surface area contributed by atoms with Gasteiger partial charge < -0.3 is 26.4 Å². The summed E-state index contributed by atoms with van der Waals surface area (Å²) in [6, 6.07) is 18.9. The summed E-state index contributed by atoms with van der Waals surface area (Å²) in [7, 11) is -2.41. The number of hydrogen-bond donors (Lipinski definition) is 5. The molecule has 272 valence electrons. The highest BCUT2D eigenvalue weighted by Crippen LogP contribution is 2.50. The van der Waals surface area contributed by atoms with Crippen LogP contribution in [-0.2, 0) is 30.7 Å². The second kappa shape index (κ2) is 15.9. The van der Waals surface area contributed by atoms with E-state index in [0.717, 1.165) is 17.7 Å². The Bertz CT molecular complexity index is 1960. The highest BCUT2D eigenvalue weighted by atomic mass is 32.2. The normalized spacial score (nSPS) is 15.0. The van der Waals surface area contributed by atoms with Crippen molar-refractivity contribution in [1.29, 1.82) is 0 Å². The van der Waals surface area contributed by atoms with Crippen molar-refractivity contribution in [2.24, 2.45) is 0 Å². The minimum Gasteiger partial charge on any atom is -0.394 e. The number of aliphatic hydroxyl groups excluding tert-OH is 1. The number of aromatic nitrogens is 2. The summed E-state index contributed by atoms with van der Waals surface area (Å²) in [6.45, 7) is 7.04. The first-order valence-corrected chi connectivity index (χ1v) is 18.4. The quantitative estimate of drug-likeness (QED) is 0.109. The monoisotopic (exact) mass is 724 g/mol. The lowest BCUT2D eigenvalue weighted by atomic mass is 9.93. The zero-order chi connectivity index (χ0) is 37.6. The van der Waals surface area contributed by atoms with E-state index >= 15 is 0 Å². The van der Waals surface area contributed by atoms with Gasteiger partial charge in [0.2, 0.25) is 17.8 Å². The molecule has 1 aromatic heterocycles.